The van der Waals surface area contributed by atoms with Gasteiger partial charge in [-0.05, 0) is 52.3 Å². The van der Waals surface area contributed by atoms with E-state index in [9.17, 15) is 14.7 Å². The zero-order valence-corrected chi connectivity index (χ0v) is 14.6. The van der Waals surface area contributed by atoms with Crippen molar-refractivity contribution in [1.29, 1.82) is 0 Å². The molecule has 3 N–H and O–H groups in total. The van der Waals surface area contributed by atoms with Crippen molar-refractivity contribution in [2.75, 3.05) is 5.32 Å². The largest absolute Gasteiger partial charge is 0.508 e. The maximum Gasteiger partial charge on any atom is 0.276 e. The fourth-order valence-electron chi connectivity index (χ4n) is 2.08. The molecule has 0 spiro atoms. The molecule has 1 aliphatic heterocycles. The molecule has 6 nitrogen and oxygen atoms in total. The number of hydrogen-bond donors (Lipinski definition) is 3. The Balaban J connectivity index is 1.88. The van der Waals surface area contributed by atoms with E-state index in [0.29, 0.717) is 21.3 Å². The van der Waals surface area contributed by atoms with Gasteiger partial charge in [-0.1, -0.05) is 15.9 Å². The van der Waals surface area contributed by atoms with E-state index in [1.165, 1.54) is 24.3 Å². The Hall–Kier alpha value is -2.19. The fraction of sp³-hybridized carbons (Fsp3) is 0. The quantitative estimate of drug-likeness (QED) is 0.629. The lowest BCUT2D eigenvalue weighted by molar-refractivity contribution is -0.110. The topological polar surface area (TPSA) is 90.8 Å². The van der Waals surface area contributed by atoms with Gasteiger partial charge < -0.3 is 10.4 Å². The number of hydrogen-bond acceptors (Lipinski definition) is 4. The summed E-state index contributed by atoms with van der Waals surface area (Å²) >= 11 is 6.72. The van der Waals surface area contributed by atoms with Crippen molar-refractivity contribution in [1.82, 2.24) is 5.43 Å². The molecule has 0 aromatic heterocycles. The lowest BCUT2D eigenvalue weighted by atomic mass is 10.1. The summed E-state index contributed by atoms with van der Waals surface area (Å²) in [5.74, 6) is -0.815. The number of anilines is 1. The van der Waals surface area contributed by atoms with E-state index in [4.69, 9.17) is 0 Å². The summed E-state index contributed by atoms with van der Waals surface area (Å²) in [4.78, 5) is 24.0. The Morgan fingerprint density at radius 2 is 1.87 bits per heavy atom. The number of nitrogens with zero attached hydrogens (tertiary/aromatic N) is 1. The predicted molar refractivity (Wildman–Crippen MR) is 92.6 cm³/mol. The lowest BCUT2D eigenvalue weighted by Crippen LogP contribution is -2.23. The van der Waals surface area contributed by atoms with Gasteiger partial charge in [0.1, 0.15) is 5.75 Å². The van der Waals surface area contributed by atoms with Crippen molar-refractivity contribution in [3.8, 4) is 5.75 Å². The van der Waals surface area contributed by atoms with Crippen LogP contribution in [0.1, 0.15) is 15.9 Å². The van der Waals surface area contributed by atoms with Crippen LogP contribution < -0.4 is 10.7 Å². The van der Waals surface area contributed by atoms with Crippen molar-refractivity contribution in [2.45, 2.75) is 0 Å². The standard InChI is InChI=1S/C15H9Br2N3O3/c16-8-5-10-12(11(17)6-8)18-15(23)13(10)19-20-14(22)7-1-3-9(21)4-2-7/h1-6,21H,(H,20,22)(H,18,19,23). The Morgan fingerprint density at radius 3 is 2.57 bits per heavy atom. The molecule has 0 bridgehead atoms. The minimum atomic E-state index is -0.479. The molecule has 23 heavy (non-hydrogen) atoms. The SMILES string of the molecule is O=C1Nc2c(Br)cc(Br)cc2/C1=N/NC(=O)c1ccc(O)cc1. The second-order valence-electron chi connectivity index (χ2n) is 4.71. The van der Waals surface area contributed by atoms with Gasteiger partial charge in [-0.2, -0.15) is 5.10 Å². The number of benzene rings is 2. The van der Waals surface area contributed by atoms with Crippen LogP contribution in [0, 0.1) is 0 Å². The average Bonchev–Trinajstić information content (AvgIpc) is 2.82. The van der Waals surface area contributed by atoms with Crippen LogP contribution in [-0.2, 0) is 4.79 Å². The summed E-state index contributed by atoms with van der Waals surface area (Å²) in [5.41, 5.74) is 3.98. The van der Waals surface area contributed by atoms with Gasteiger partial charge in [-0.15, -0.1) is 0 Å². The first kappa shape index (κ1) is 15.7. The molecule has 0 atom stereocenters. The first-order chi connectivity index (χ1) is 11.0. The molecule has 1 heterocycles. The first-order valence-corrected chi connectivity index (χ1v) is 8.02. The number of phenols is 1. The number of halogens is 2. The second kappa shape index (κ2) is 6.13. The van der Waals surface area contributed by atoms with Crippen molar-refractivity contribution >= 4 is 55.1 Å². The highest BCUT2D eigenvalue weighted by Crippen LogP contribution is 2.34. The summed E-state index contributed by atoms with van der Waals surface area (Å²) < 4.78 is 1.49. The monoisotopic (exact) mass is 437 g/mol. The van der Waals surface area contributed by atoms with Crippen molar-refractivity contribution in [3.05, 3.63) is 56.5 Å². The van der Waals surface area contributed by atoms with E-state index < -0.39 is 11.8 Å². The minimum Gasteiger partial charge on any atom is -0.508 e. The molecule has 116 valence electrons. The highest BCUT2D eigenvalue weighted by molar-refractivity contribution is 9.11. The number of aromatic hydroxyl groups is 1. The molecule has 0 radical (unpaired) electrons. The molecule has 0 saturated heterocycles. The molecular formula is C15H9Br2N3O3. The predicted octanol–water partition coefficient (Wildman–Crippen LogP) is 3.00. The number of carbonyl (C=O) groups excluding carboxylic acids is 2. The van der Waals surface area contributed by atoms with Crippen LogP contribution in [0.2, 0.25) is 0 Å². The van der Waals surface area contributed by atoms with Gasteiger partial charge in [-0.25, -0.2) is 5.43 Å². The van der Waals surface area contributed by atoms with E-state index in [1.807, 2.05) is 0 Å². The molecule has 1 aliphatic rings. The van der Waals surface area contributed by atoms with Gasteiger partial charge in [0.05, 0.1) is 5.69 Å². The second-order valence-corrected chi connectivity index (χ2v) is 6.48. The maximum atomic E-state index is 12.0. The summed E-state index contributed by atoms with van der Waals surface area (Å²) in [6, 6.07) is 9.25. The molecule has 3 rings (SSSR count). The number of rotatable bonds is 2. The Kier molecular flexibility index (Phi) is 4.18. The Labute approximate surface area is 147 Å². The molecule has 0 unspecified atom stereocenters. The lowest BCUT2D eigenvalue weighted by Gasteiger charge is -2.03. The minimum absolute atomic E-state index is 0.0617. The summed E-state index contributed by atoms with van der Waals surface area (Å²) in [7, 11) is 0. The van der Waals surface area contributed by atoms with Crippen molar-refractivity contribution in [2.24, 2.45) is 5.10 Å². The third kappa shape index (κ3) is 3.13. The molecule has 8 heteroatoms. The van der Waals surface area contributed by atoms with E-state index in [1.54, 1.807) is 12.1 Å². The normalized spacial score (nSPS) is 14.5. The number of nitrogens with one attached hydrogen (secondary N) is 2. The Morgan fingerprint density at radius 1 is 1.17 bits per heavy atom. The van der Waals surface area contributed by atoms with Gasteiger partial charge in [0, 0.05) is 20.1 Å². The van der Waals surface area contributed by atoms with E-state index in [2.05, 4.69) is 47.7 Å². The summed E-state index contributed by atoms with van der Waals surface area (Å²) in [6.45, 7) is 0. The van der Waals surface area contributed by atoms with E-state index in [-0.39, 0.29) is 11.5 Å². The number of phenolic OH excluding ortho intramolecular Hbond substituents is 1. The molecule has 0 aliphatic carbocycles. The van der Waals surface area contributed by atoms with Crippen LogP contribution in [0.3, 0.4) is 0 Å². The van der Waals surface area contributed by atoms with Crippen LogP contribution in [0.15, 0.2) is 50.4 Å². The molecule has 2 aromatic carbocycles. The van der Waals surface area contributed by atoms with Crippen LogP contribution in [0.25, 0.3) is 0 Å². The van der Waals surface area contributed by atoms with Gasteiger partial charge >= 0.3 is 0 Å². The van der Waals surface area contributed by atoms with Crippen LogP contribution >= 0.6 is 31.9 Å². The number of fused-ring (bicyclic) bond motifs is 1. The highest BCUT2D eigenvalue weighted by atomic mass is 79.9. The van der Waals surface area contributed by atoms with Gasteiger partial charge in [0.15, 0.2) is 5.71 Å². The average molecular weight is 439 g/mol. The van der Waals surface area contributed by atoms with Crippen molar-refractivity contribution in [3.63, 3.8) is 0 Å². The van der Waals surface area contributed by atoms with Gasteiger partial charge in [-0.3, -0.25) is 9.59 Å². The summed E-state index contributed by atoms with van der Waals surface area (Å²) in [5, 5.41) is 15.8. The fourth-order valence-corrected chi connectivity index (χ4v) is 3.40. The number of hydrazone groups is 1. The van der Waals surface area contributed by atoms with E-state index in [0.717, 1.165) is 4.47 Å². The summed E-state index contributed by atoms with van der Waals surface area (Å²) in [6.07, 6.45) is 0. The smallest absolute Gasteiger partial charge is 0.276 e. The zero-order valence-electron chi connectivity index (χ0n) is 11.4. The maximum absolute atomic E-state index is 12.0. The number of carbonyl (C=O) groups is 2. The Bertz CT molecular complexity index is 848. The molecular weight excluding hydrogens is 430 g/mol. The van der Waals surface area contributed by atoms with E-state index >= 15 is 0 Å². The molecule has 2 amide bonds. The van der Waals surface area contributed by atoms with Gasteiger partial charge in [0.2, 0.25) is 0 Å². The first-order valence-electron chi connectivity index (χ1n) is 6.43. The molecule has 0 saturated carbocycles. The van der Waals surface area contributed by atoms with Crippen molar-refractivity contribution < 1.29 is 14.7 Å². The van der Waals surface area contributed by atoms with Gasteiger partial charge in [0.25, 0.3) is 11.8 Å². The molecule has 0 fully saturated rings. The third-order valence-electron chi connectivity index (χ3n) is 3.16. The zero-order chi connectivity index (χ0) is 16.6. The van der Waals surface area contributed by atoms with Crippen LogP contribution in [-0.4, -0.2) is 22.6 Å². The van der Waals surface area contributed by atoms with Crippen LogP contribution in [0.4, 0.5) is 5.69 Å². The molecule has 2 aromatic rings. The van der Waals surface area contributed by atoms with Crippen LogP contribution in [0.5, 0.6) is 5.75 Å². The third-order valence-corrected chi connectivity index (χ3v) is 4.25. The number of amides is 2. The highest BCUT2D eigenvalue weighted by Gasteiger charge is 2.28.